The van der Waals surface area contributed by atoms with Crippen LogP contribution in [0, 0.1) is 13.8 Å². The first-order valence-electron chi connectivity index (χ1n) is 12.3. The largest absolute Gasteiger partial charge is 0.497 e. The minimum atomic E-state index is -3.69. The van der Waals surface area contributed by atoms with Crippen molar-refractivity contribution in [3.63, 3.8) is 0 Å². The summed E-state index contributed by atoms with van der Waals surface area (Å²) < 4.78 is 39.8. The van der Waals surface area contributed by atoms with Gasteiger partial charge in [-0.15, -0.1) is 0 Å². The zero-order valence-electron chi connectivity index (χ0n) is 20.8. The minimum absolute atomic E-state index is 0.0380. The number of carbonyl (C=O) groups is 1. The Morgan fingerprint density at radius 1 is 1.09 bits per heavy atom. The molecule has 0 spiro atoms. The molecule has 0 radical (unpaired) electrons. The molecular formula is C26H35N3O5S. The molecule has 0 saturated carbocycles. The molecule has 2 aliphatic heterocycles. The van der Waals surface area contributed by atoms with E-state index in [1.807, 2.05) is 23.1 Å². The lowest BCUT2D eigenvalue weighted by molar-refractivity contribution is -0.137. The number of likely N-dealkylation sites (tertiary alicyclic amines) is 1. The van der Waals surface area contributed by atoms with Gasteiger partial charge in [0.05, 0.1) is 18.6 Å². The summed E-state index contributed by atoms with van der Waals surface area (Å²) in [7, 11) is -2.12. The molecule has 2 atom stereocenters. The number of sulfonamides is 1. The van der Waals surface area contributed by atoms with Crippen molar-refractivity contribution in [2.75, 3.05) is 33.4 Å². The van der Waals surface area contributed by atoms with E-state index in [1.54, 1.807) is 43.6 Å². The van der Waals surface area contributed by atoms with E-state index in [1.165, 1.54) is 0 Å². The summed E-state index contributed by atoms with van der Waals surface area (Å²) >= 11 is 0. The zero-order chi connectivity index (χ0) is 25.0. The van der Waals surface area contributed by atoms with Crippen molar-refractivity contribution in [1.82, 2.24) is 14.2 Å². The predicted octanol–water partition coefficient (Wildman–Crippen LogP) is 3.11. The second-order valence-electron chi connectivity index (χ2n) is 9.43. The summed E-state index contributed by atoms with van der Waals surface area (Å²) in [6.07, 6.45) is 5.93. The molecular weight excluding hydrogens is 466 g/mol. The molecule has 3 heterocycles. The summed E-state index contributed by atoms with van der Waals surface area (Å²) in [5.41, 5.74) is 2.31. The third-order valence-corrected chi connectivity index (χ3v) is 9.22. The van der Waals surface area contributed by atoms with Crippen LogP contribution in [-0.4, -0.2) is 74.0 Å². The van der Waals surface area contributed by atoms with E-state index in [0.29, 0.717) is 34.7 Å². The highest BCUT2D eigenvalue weighted by molar-refractivity contribution is 7.89. The van der Waals surface area contributed by atoms with Crippen LogP contribution in [0.3, 0.4) is 0 Å². The standard InChI is InChI=1S/C26H35N3O5S/c1-19-14-24(33-3)15-20(2)26(19)35(31,32)29-13-7-10-23(29)17-34-18-25(30)28-12-6-9-22(28)16-21-8-4-5-11-27-21/h4-5,8,11,14-15,22-23H,6-7,9-10,12-13,16-18H2,1-3H3. The van der Waals surface area contributed by atoms with E-state index in [0.717, 1.165) is 37.9 Å². The first-order chi connectivity index (χ1) is 16.8. The normalized spacial score (nSPS) is 20.9. The van der Waals surface area contributed by atoms with E-state index >= 15 is 0 Å². The number of hydrogen-bond donors (Lipinski definition) is 0. The topological polar surface area (TPSA) is 89.0 Å². The highest BCUT2D eigenvalue weighted by Crippen LogP contribution is 2.32. The molecule has 2 aliphatic rings. The number of rotatable bonds is 9. The summed E-state index contributed by atoms with van der Waals surface area (Å²) in [5.74, 6) is 0.597. The van der Waals surface area contributed by atoms with Gasteiger partial charge in [-0.2, -0.15) is 4.31 Å². The van der Waals surface area contributed by atoms with Crippen LogP contribution < -0.4 is 4.74 Å². The molecule has 1 aromatic heterocycles. The van der Waals surface area contributed by atoms with E-state index < -0.39 is 10.0 Å². The number of benzene rings is 1. The van der Waals surface area contributed by atoms with Crippen LogP contribution in [-0.2, 0) is 26.0 Å². The number of ether oxygens (including phenoxy) is 2. The van der Waals surface area contributed by atoms with Gasteiger partial charge < -0.3 is 14.4 Å². The molecule has 1 amide bonds. The van der Waals surface area contributed by atoms with Crippen LogP contribution >= 0.6 is 0 Å². The molecule has 2 saturated heterocycles. The molecule has 0 bridgehead atoms. The van der Waals surface area contributed by atoms with Crippen molar-refractivity contribution in [2.24, 2.45) is 0 Å². The van der Waals surface area contributed by atoms with Gasteiger partial charge in [0.25, 0.3) is 0 Å². The number of carbonyl (C=O) groups excluding carboxylic acids is 1. The fourth-order valence-electron chi connectivity index (χ4n) is 5.35. The smallest absolute Gasteiger partial charge is 0.248 e. The highest BCUT2D eigenvalue weighted by atomic mass is 32.2. The Hall–Kier alpha value is -2.49. The number of pyridine rings is 1. The van der Waals surface area contributed by atoms with Crippen LogP contribution in [0.5, 0.6) is 5.75 Å². The van der Waals surface area contributed by atoms with Gasteiger partial charge >= 0.3 is 0 Å². The summed E-state index contributed by atoms with van der Waals surface area (Å²) in [6.45, 7) is 4.93. The van der Waals surface area contributed by atoms with E-state index in [4.69, 9.17) is 9.47 Å². The van der Waals surface area contributed by atoms with Crippen LogP contribution in [0.4, 0.5) is 0 Å². The second-order valence-corrected chi connectivity index (χ2v) is 11.3. The SMILES string of the molecule is COc1cc(C)c(S(=O)(=O)N2CCCC2COCC(=O)N2CCCC2Cc2ccccn2)c(C)c1. The molecule has 35 heavy (non-hydrogen) atoms. The Balaban J connectivity index is 1.36. The molecule has 0 N–H and O–H groups in total. The van der Waals surface area contributed by atoms with Gasteiger partial charge in [0.1, 0.15) is 12.4 Å². The maximum atomic E-state index is 13.6. The van der Waals surface area contributed by atoms with Gasteiger partial charge in [-0.05, 0) is 74.9 Å². The Morgan fingerprint density at radius 3 is 2.49 bits per heavy atom. The lowest BCUT2D eigenvalue weighted by Gasteiger charge is -2.27. The fraction of sp³-hybridized carbons (Fsp3) is 0.538. The number of aryl methyl sites for hydroxylation is 2. The maximum Gasteiger partial charge on any atom is 0.248 e. The minimum Gasteiger partial charge on any atom is -0.497 e. The molecule has 2 fully saturated rings. The van der Waals surface area contributed by atoms with Gasteiger partial charge in [0, 0.05) is 43.5 Å². The van der Waals surface area contributed by atoms with E-state index in [9.17, 15) is 13.2 Å². The molecule has 9 heteroatoms. The first kappa shape index (κ1) is 25.6. The molecule has 8 nitrogen and oxygen atoms in total. The average molecular weight is 502 g/mol. The zero-order valence-corrected chi connectivity index (χ0v) is 21.6. The van der Waals surface area contributed by atoms with Gasteiger partial charge in [0.2, 0.25) is 15.9 Å². The number of aromatic nitrogens is 1. The van der Waals surface area contributed by atoms with Crippen LogP contribution in [0.15, 0.2) is 41.4 Å². The lowest BCUT2D eigenvalue weighted by atomic mass is 10.1. The van der Waals surface area contributed by atoms with Crippen molar-refractivity contribution in [1.29, 1.82) is 0 Å². The van der Waals surface area contributed by atoms with E-state index in [-0.39, 0.29) is 31.2 Å². The Bertz CT molecular complexity index is 1120. The molecule has 1 aromatic carbocycles. The molecule has 2 unspecified atom stereocenters. The highest BCUT2D eigenvalue weighted by Gasteiger charge is 2.37. The monoisotopic (exact) mass is 501 g/mol. The number of methoxy groups -OCH3 is 1. The number of nitrogens with zero attached hydrogens (tertiary/aromatic N) is 3. The second kappa shape index (κ2) is 11.1. The summed E-state index contributed by atoms with van der Waals surface area (Å²) in [4.78, 5) is 19.5. The van der Waals surface area contributed by atoms with Crippen molar-refractivity contribution in [3.05, 3.63) is 53.3 Å². The Kier molecular flexibility index (Phi) is 8.09. The molecule has 0 aliphatic carbocycles. The summed E-state index contributed by atoms with van der Waals surface area (Å²) in [5, 5.41) is 0. The number of amides is 1. The van der Waals surface area contributed by atoms with Crippen LogP contribution in [0.25, 0.3) is 0 Å². The predicted molar refractivity (Wildman–Crippen MR) is 133 cm³/mol. The lowest BCUT2D eigenvalue weighted by Crippen LogP contribution is -2.41. The molecule has 2 aromatic rings. The third-order valence-electron chi connectivity index (χ3n) is 6.96. The molecule has 190 valence electrons. The Labute approximate surface area is 208 Å². The fourth-order valence-corrected chi connectivity index (χ4v) is 7.44. The van der Waals surface area contributed by atoms with Crippen molar-refractivity contribution in [2.45, 2.75) is 62.9 Å². The van der Waals surface area contributed by atoms with Crippen molar-refractivity contribution >= 4 is 15.9 Å². The van der Waals surface area contributed by atoms with E-state index in [2.05, 4.69) is 4.98 Å². The average Bonchev–Trinajstić information content (AvgIpc) is 3.49. The number of hydrogen-bond acceptors (Lipinski definition) is 6. The van der Waals surface area contributed by atoms with Gasteiger partial charge in [-0.25, -0.2) is 8.42 Å². The third kappa shape index (κ3) is 5.68. The van der Waals surface area contributed by atoms with Gasteiger partial charge in [-0.1, -0.05) is 6.07 Å². The van der Waals surface area contributed by atoms with Crippen molar-refractivity contribution < 1.29 is 22.7 Å². The van der Waals surface area contributed by atoms with Crippen LogP contribution in [0.1, 0.15) is 42.5 Å². The van der Waals surface area contributed by atoms with Gasteiger partial charge in [0.15, 0.2) is 0 Å². The Morgan fingerprint density at radius 2 is 1.80 bits per heavy atom. The van der Waals surface area contributed by atoms with Crippen molar-refractivity contribution in [3.8, 4) is 5.75 Å². The first-order valence-corrected chi connectivity index (χ1v) is 13.7. The van der Waals surface area contributed by atoms with Crippen LogP contribution in [0.2, 0.25) is 0 Å². The molecule has 4 rings (SSSR count). The quantitative estimate of drug-likeness (QED) is 0.525. The summed E-state index contributed by atoms with van der Waals surface area (Å²) in [6, 6.07) is 9.18. The maximum absolute atomic E-state index is 13.6. The van der Waals surface area contributed by atoms with Gasteiger partial charge in [-0.3, -0.25) is 9.78 Å².